The molecule has 0 radical (unpaired) electrons. The minimum Gasteiger partial charge on any atom is -0.493 e. The van der Waals surface area contributed by atoms with E-state index in [-0.39, 0.29) is 5.56 Å². The third-order valence-corrected chi connectivity index (χ3v) is 4.89. The third-order valence-electron chi connectivity index (χ3n) is 4.89. The molecule has 32 heavy (non-hydrogen) atoms. The highest BCUT2D eigenvalue weighted by molar-refractivity contribution is 5.97. The molecule has 0 fully saturated rings. The Bertz CT molecular complexity index is 1300. The number of hydrazone groups is 1. The number of halogens is 1. The summed E-state index contributed by atoms with van der Waals surface area (Å²) in [6.07, 6.45) is 1.83. The number of H-pyrrole nitrogens is 1. The summed E-state index contributed by atoms with van der Waals surface area (Å²) in [5.74, 6) is 1.24. The normalized spacial score (nSPS) is 11.1. The van der Waals surface area contributed by atoms with Crippen LogP contribution in [0.3, 0.4) is 0 Å². The molecule has 1 heterocycles. The number of aromatic nitrogens is 2. The second kappa shape index (κ2) is 9.30. The summed E-state index contributed by atoms with van der Waals surface area (Å²) in [6.45, 7) is 0. The highest BCUT2D eigenvalue weighted by Gasteiger charge is 2.11. The quantitative estimate of drug-likeness (QED) is 0.340. The maximum absolute atomic E-state index is 13.6. The van der Waals surface area contributed by atoms with E-state index in [1.165, 1.54) is 12.3 Å². The number of carbonyl (C=O) groups excluding carboxylic acids is 1. The Kier molecular flexibility index (Phi) is 6.12. The first-order valence-electron chi connectivity index (χ1n) is 9.85. The van der Waals surface area contributed by atoms with E-state index in [0.717, 1.165) is 22.4 Å². The van der Waals surface area contributed by atoms with Crippen molar-refractivity contribution in [1.82, 2.24) is 15.4 Å². The van der Waals surface area contributed by atoms with Crippen molar-refractivity contribution in [2.75, 3.05) is 14.2 Å². The van der Waals surface area contributed by atoms with Gasteiger partial charge in [0, 0.05) is 17.5 Å². The lowest BCUT2D eigenvalue weighted by Crippen LogP contribution is -2.17. The number of hydrogen-bond acceptors (Lipinski definition) is 5. The fourth-order valence-electron chi connectivity index (χ4n) is 3.28. The first kappa shape index (κ1) is 21.0. The summed E-state index contributed by atoms with van der Waals surface area (Å²) in [5.41, 5.74) is 5.58. The molecule has 0 unspecified atom stereocenters. The molecule has 4 rings (SSSR count). The number of imidazole rings is 1. The van der Waals surface area contributed by atoms with Gasteiger partial charge in [-0.3, -0.25) is 4.79 Å². The lowest BCUT2D eigenvalue weighted by Gasteiger charge is -2.08. The van der Waals surface area contributed by atoms with E-state index in [1.54, 1.807) is 50.6 Å². The molecule has 3 aromatic carbocycles. The van der Waals surface area contributed by atoms with Gasteiger partial charge in [-0.25, -0.2) is 14.8 Å². The average Bonchev–Trinajstić information content (AvgIpc) is 3.21. The largest absolute Gasteiger partial charge is 0.493 e. The van der Waals surface area contributed by atoms with Crippen LogP contribution in [-0.4, -0.2) is 36.3 Å². The third kappa shape index (κ3) is 4.59. The van der Waals surface area contributed by atoms with Crippen molar-refractivity contribution < 1.29 is 18.7 Å². The molecule has 0 saturated carbocycles. The molecule has 162 valence electrons. The van der Waals surface area contributed by atoms with Crippen molar-refractivity contribution in [3.63, 3.8) is 0 Å². The van der Waals surface area contributed by atoms with Gasteiger partial charge in [-0.05, 0) is 42.0 Å². The van der Waals surface area contributed by atoms with Gasteiger partial charge in [-0.2, -0.15) is 5.10 Å². The van der Waals surface area contributed by atoms with Crippen LogP contribution in [0.2, 0.25) is 0 Å². The van der Waals surface area contributed by atoms with Gasteiger partial charge in [-0.15, -0.1) is 0 Å². The van der Waals surface area contributed by atoms with E-state index in [1.807, 2.05) is 18.2 Å². The Morgan fingerprint density at radius 1 is 1.09 bits per heavy atom. The fraction of sp³-hybridized carbons (Fsp3) is 0.125. The summed E-state index contributed by atoms with van der Waals surface area (Å²) in [6, 6.07) is 17.0. The SMILES string of the molecule is COc1ccc(Cc2nc3ccc(C(=O)N/N=C\c4ccccc4F)cc3[nH]2)cc1OC. The van der Waals surface area contributed by atoms with Crippen LogP contribution >= 0.6 is 0 Å². The van der Waals surface area contributed by atoms with Crippen LogP contribution in [0.5, 0.6) is 11.5 Å². The molecule has 7 nitrogen and oxygen atoms in total. The van der Waals surface area contributed by atoms with Crippen molar-refractivity contribution in [1.29, 1.82) is 0 Å². The Labute approximate surface area is 183 Å². The molecule has 2 N–H and O–H groups in total. The van der Waals surface area contributed by atoms with Crippen LogP contribution in [0.25, 0.3) is 11.0 Å². The Balaban J connectivity index is 1.48. The van der Waals surface area contributed by atoms with Crippen molar-refractivity contribution in [3.05, 3.63) is 89.0 Å². The number of benzene rings is 3. The van der Waals surface area contributed by atoms with E-state index < -0.39 is 11.7 Å². The number of carbonyl (C=O) groups is 1. The summed E-state index contributed by atoms with van der Waals surface area (Å²) < 4.78 is 24.2. The van der Waals surface area contributed by atoms with Gasteiger partial charge in [0.15, 0.2) is 11.5 Å². The number of fused-ring (bicyclic) bond motifs is 1. The monoisotopic (exact) mass is 432 g/mol. The van der Waals surface area contributed by atoms with E-state index in [4.69, 9.17) is 9.47 Å². The van der Waals surface area contributed by atoms with Gasteiger partial charge >= 0.3 is 0 Å². The summed E-state index contributed by atoms with van der Waals surface area (Å²) >= 11 is 0. The second-order valence-electron chi connectivity index (χ2n) is 7.00. The van der Waals surface area contributed by atoms with Crippen LogP contribution in [-0.2, 0) is 6.42 Å². The van der Waals surface area contributed by atoms with Gasteiger partial charge in [0.1, 0.15) is 11.6 Å². The van der Waals surface area contributed by atoms with Crippen LogP contribution < -0.4 is 14.9 Å². The van der Waals surface area contributed by atoms with Crippen molar-refractivity contribution >= 4 is 23.2 Å². The molecule has 0 atom stereocenters. The zero-order chi connectivity index (χ0) is 22.5. The number of nitrogens with zero attached hydrogens (tertiary/aromatic N) is 2. The molecule has 0 saturated heterocycles. The number of ether oxygens (including phenoxy) is 2. The number of methoxy groups -OCH3 is 2. The van der Waals surface area contributed by atoms with Gasteiger partial charge in [0.05, 0.1) is 31.5 Å². The first-order chi connectivity index (χ1) is 15.6. The highest BCUT2D eigenvalue weighted by atomic mass is 19.1. The summed E-state index contributed by atoms with van der Waals surface area (Å²) in [4.78, 5) is 20.2. The van der Waals surface area contributed by atoms with Gasteiger partial charge in [0.2, 0.25) is 0 Å². The smallest absolute Gasteiger partial charge is 0.271 e. The lowest BCUT2D eigenvalue weighted by molar-refractivity contribution is 0.0955. The molecule has 8 heteroatoms. The predicted molar refractivity (Wildman–Crippen MR) is 120 cm³/mol. The van der Waals surface area contributed by atoms with E-state index in [9.17, 15) is 9.18 Å². The molecule has 1 aromatic heterocycles. The van der Waals surface area contributed by atoms with Crippen LogP contribution in [0, 0.1) is 5.82 Å². The van der Waals surface area contributed by atoms with Gasteiger partial charge in [-0.1, -0.05) is 24.3 Å². The number of rotatable bonds is 7. The summed E-state index contributed by atoms with van der Waals surface area (Å²) in [7, 11) is 3.19. The molecule has 0 bridgehead atoms. The number of aromatic amines is 1. The Morgan fingerprint density at radius 3 is 2.69 bits per heavy atom. The molecular formula is C24H21FN4O3. The average molecular weight is 432 g/mol. The number of amides is 1. The fourth-order valence-corrected chi connectivity index (χ4v) is 3.28. The minimum atomic E-state index is -0.411. The van der Waals surface area contributed by atoms with Crippen molar-refractivity contribution in [2.24, 2.45) is 5.10 Å². The number of hydrogen-bond donors (Lipinski definition) is 2. The maximum Gasteiger partial charge on any atom is 0.271 e. The molecule has 0 aliphatic heterocycles. The van der Waals surface area contributed by atoms with Gasteiger partial charge in [0.25, 0.3) is 5.91 Å². The highest BCUT2D eigenvalue weighted by Crippen LogP contribution is 2.28. The zero-order valence-corrected chi connectivity index (χ0v) is 17.6. The van der Waals surface area contributed by atoms with Gasteiger partial charge < -0.3 is 14.5 Å². The molecular weight excluding hydrogens is 411 g/mol. The van der Waals surface area contributed by atoms with E-state index in [0.29, 0.717) is 23.5 Å². The predicted octanol–water partition coefficient (Wildman–Crippen LogP) is 4.07. The molecule has 0 spiro atoms. The molecule has 0 aliphatic carbocycles. The van der Waals surface area contributed by atoms with E-state index >= 15 is 0 Å². The Morgan fingerprint density at radius 2 is 1.91 bits per heavy atom. The first-order valence-corrected chi connectivity index (χ1v) is 9.85. The maximum atomic E-state index is 13.6. The van der Waals surface area contributed by atoms with Crippen LogP contribution in [0.1, 0.15) is 27.3 Å². The van der Waals surface area contributed by atoms with Crippen molar-refractivity contribution in [3.8, 4) is 11.5 Å². The second-order valence-corrected chi connectivity index (χ2v) is 7.00. The van der Waals surface area contributed by atoms with Crippen LogP contribution in [0.4, 0.5) is 4.39 Å². The topological polar surface area (TPSA) is 88.6 Å². The van der Waals surface area contributed by atoms with E-state index in [2.05, 4.69) is 20.5 Å². The standard InChI is InChI=1S/C24H21FN4O3/c1-31-21-10-7-15(11-22(21)32-2)12-23-27-19-9-8-16(13-20(19)28-23)24(30)29-26-14-17-5-3-4-6-18(17)25/h3-11,13-14H,12H2,1-2H3,(H,27,28)(H,29,30)/b26-14-. The molecule has 1 amide bonds. The molecule has 4 aromatic rings. The Hall–Kier alpha value is -4.20. The lowest BCUT2D eigenvalue weighted by atomic mass is 10.1. The van der Waals surface area contributed by atoms with Crippen molar-refractivity contribution in [2.45, 2.75) is 6.42 Å². The number of nitrogens with one attached hydrogen (secondary N) is 2. The molecule has 0 aliphatic rings. The zero-order valence-electron chi connectivity index (χ0n) is 17.6. The summed E-state index contributed by atoms with van der Waals surface area (Å²) in [5, 5.41) is 3.84. The minimum absolute atomic E-state index is 0.289. The van der Waals surface area contributed by atoms with Crippen LogP contribution in [0.15, 0.2) is 65.8 Å².